The van der Waals surface area contributed by atoms with Crippen LogP contribution >= 0.6 is 23.2 Å². The van der Waals surface area contributed by atoms with E-state index >= 15 is 0 Å². The smallest absolute Gasteiger partial charge is 0.279 e. The first-order valence-corrected chi connectivity index (χ1v) is 7.81. The van der Waals surface area contributed by atoms with Gasteiger partial charge in [0.1, 0.15) is 6.54 Å². The molecular formula is C17H19Cl2N2O+. The molecule has 0 heterocycles. The van der Waals surface area contributed by atoms with E-state index < -0.39 is 0 Å². The highest BCUT2D eigenvalue weighted by Crippen LogP contribution is 2.22. The third-order valence-electron chi connectivity index (χ3n) is 3.29. The lowest BCUT2D eigenvalue weighted by Crippen LogP contribution is -3.08. The number of carbonyl (C=O) groups excluding carboxylic acids is 1. The lowest BCUT2D eigenvalue weighted by molar-refractivity contribution is -0.885. The molecule has 0 bridgehead atoms. The zero-order valence-corrected chi connectivity index (χ0v) is 14.1. The fourth-order valence-corrected chi connectivity index (χ4v) is 2.50. The van der Waals surface area contributed by atoms with Crippen molar-refractivity contribution in [2.24, 2.45) is 0 Å². The number of aryl methyl sites for hydroxylation is 1. The van der Waals surface area contributed by atoms with E-state index in [-0.39, 0.29) is 5.91 Å². The Morgan fingerprint density at radius 2 is 1.77 bits per heavy atom. The standard InChI is InChI=1S/C17H18Cl2N2O/c1-12-3-6-14(7-4-12)20-17(22)11-21(2)10-13-5-8-15(18)16(19)9-13/h3-9H,10-11H2,1-2H3,(H,20,22)/p+1. The van der Waals surface area contributed by atoms with Crippen molar-refractivity contribution in [1.82, 2.24) is 0 Å². The molecule has 0 radical (unpaired) electrons. The van der Waals surface area contributed by atoms with E-state index in [4.69, 9.17) is 23.2 Å². The Kier molecular flexibility index (Phi) is 5.83. The molecule has 0 aromatic heterocycles. The number of likely N-dealkylation sites (N-methyl/N-ethyl adjacent to an activating group) is 1. The molecule has 2 aromatic rings. The molecule has 1 amide bonds. The molecular weight excluding hydrogens is 319 g/mol. The van der Waals surface area contributed by atoms with Crippen molar-refractivity contribution in [1.29, 1.82) is 0 Å². The normalized spacial score (nSPS) is 12.0. The summed E-state index contributed by atoms with van der Waals surface area (Å²) in [5.41, 5.74) is 3.04. The summed E-state index contributed by atoms with van der Waals surface area (Å²) >= 11 is 11.9. The first kappa shape index (κ1) is 16.8. The fourth-order valence-electron chi connectivity index (χ4n) is 2.18. The van der Waals surface area contributed by atoms with Crippen molar-refractivity contribution in [3.63, 3.8) is 0 Å². The highest BCUT2D eigenvalue weighted by atomic mass is 35.5. The maximum atomic E-state index is 12.0. The van der Waals surface area contributed by atoms with E-state index in [0.29, 0.717) is 23.1 Å². The Balaban J connectivity index is 1.88. The second-order valence-electron chi connectivity index (χ2n) is 5.47. The van der Waals surface area contributed by atoms with Crippen LogP contribution in [0.5, 0.6) is 0 Å². The number of hydrogen-bond donors (Lipinski definition) is 2. The molecule has 0 spiro atoms. The molecule has 0 aliphatic carbocycles. The predicted molar refractivity (Wildman–Crippen MR) is 91.7 cm³/mol. The Hall–Kier alpha value is -1.55. The van der Waals surface area contributed by atoms with Crippen LogP contribution in [0.4, 0.5) is 5.69 Å². The zero-order chi connectivity index (χ0) is 16.1. The van der Waals surface area contributed by atoms with Gasteiger partial charge in [0.25, 0.3) is 5.91 Å². The number of benzene rings is 2. The van der Waals surface area contributed by atoms with Gasteiger partial charge in [0.05, 0.1) is 17.1 Å². The fraction of sp³-hybridized carbons (Fsp3) is 0.235. The van der Waals surface area contributed by atoms with Crippen LogP contribution < -0.4 is 10.2 Å². The lowest BCUT2D eigenvalue weighted by Gasteiger charge is -2.14. The number of anilines is 1. The van der Waals surface area contributed by atoms with E-state index in [1.54, 1.807) is 6.07 Å². The molecule has 22 heavy (non-hydrogen) atoms. The maximum Gasteiger partial charge on any atom is 0.279 e. The summed E-state index contributed by atoms with van der Waals surface area (Å²) < 4.78 is 0. The van der Waals surface area contributed by atoms with Gasteiger partial charge >= 0.3 is 0 Å². The van der Waals surface area contributed by atoms with Crippen LogP contribution in [-0.4, -0.2) is 19.5 Å². The first-order valence-electron chi connectivity index (χ1n) is 7.06. The topological polar surface area (TPSA) is 33.5 Å². The van der Waals surface area contributed by atoms with Crippen LogP contribution in [0.3, 0.4) is 0 Å². The summed E-state index contributed by atoms with van der Waals surface area (Å²) in [7, 11) is 1.97. The average Bonchev–Trinajstić information content (AvgIpc) is 2.45. The summed E-state index contributed by atoms with van der Waals surface area (Å²) in [6, 6.07) is 13.3. The Morgan fingerprint density at radius 1 is 1.09 bits per heavy atom. The number of rotatable bonds is 5. The van der Waals surface area contributed by atoms with Crippen LogP contribution in [0.2, 0.25) is 10.0 Å². The van der Waals surface area contributed by atoms with Gasteiger partial charge in [0, 0.05) is 11.3 Å². The van der Waals surface area contributed by atoms with E-state index in [1.807, 2.05) is 50.4 Å². The third-order valence-corrected chi connectivity index (χ3v) is 4.03. The summed E-state index contributed by atoms with van der Waals surface area (Å²) in [5, 5.41) is 3.98. The monoisotopic (exact) mass is 337 g/mol. The second-order valence-corrected chi connectivity index (χ2v) is 6.29. The van der Waals surface area contributed by atoms with Gasteiger partial charge in [-0.15, -0.1) is 0 Å². The van der Waals surface area contributed by atoms with Crippen LogP contribution in [0.25, 0.3) is 0 Å². The number of quaternary nitrogens is 1. The Morgan fingerprint density at radius 3 is 2.41 bits per heavy atom. The van der Waals surface area contributed by atoms with E-state index in [2.05, 4.69) is 5.32 Å². The number of nitrogens with one attached hydrogen (secondary N) is 2. The van der Waals surface area contributed by atoms with Gasteiger partial charge in [-0.3, -0.25) is 4.79 Å². The molecule has 3 nitrogen and oxygen atoms in total. The number of carbonyl (C=O) groups is 1. The average molecular weight is 338 g/mol. The van der Waals surface area contributed by atoms with Crippen molar-refractivity contribution in [3.8, 4) is 0 Å². The van der Waals surface area contributed by atoms with Gasteiger partial charge in [-0.1, -0.05) is 47.0 Å². The number of halogens is 2. The second kappa shape index (κ2) is 7.63. The largest absolute Gasteiger partial charge is 0.326 e. The molecule has 0 saturated heterocycles. The minimum Gasteiger partial charge on any atom is -0.326 e. The van der Waals surface area contributed by atoms with Crippen LogP contribution in [0.1, 0.15) is 11.1 Å². The summed E-state index contributed by atoms with van der Waals surface area (Å²) in [6.45, 7) is 3.10. The summed E-state index contributed by atoms with van der Waals surface area (Å²) in [5.74, 6) is -0.0126. The number of amides is 1. The first-order chi connectivity index (χ1) is 10.4. The van der Waals surface area contributed by atoms with Crippen molar-refractivity contribution in [2.45, 2.75) is 13.5 Å². The molecule has 2 rings (SSSR count). The summed E-state index contributed by atoms with van der Waals surface area (Å²) in [4.78, 5) is 13.1. The van der Waals surface area contributed by atoms with E-state index in [1.165, 1.54) is 5.56 Å². The molecule has 5 heteroatoms. The molecule has 1 atom stereocenters. The van der Waals surface area contributed by atoms with Crippen molar-refractivity contribution in [3.05, 3.63) is 63.6 Å². The van der Waals surface area contributed by atoms with E-state index in [0.717, 1.165) is 16.2 Å². The van der Waals surface area contributed by atoms with Gasteiger partial charge < -0.3 is 10.2 Å². The van der Waals surface area contributed by atoms with Crippen molar-refractivity contribution < 1.29 is 9.69 Å². The Bertz CT molecular complexity index is 656. The highest BCUT2D eigenvalue weighted by molar-refractivity contribution is 6.42. The zero-order valence-electron chi connectivity index (χ0n) is 12.6. The molecule has 0 aliphatic rings. The SMILES string of the molecule is Cc1ccc(NC(=O)C[NH+](C)Cc2ccc(Cl)c(Cl)c2)cc1. The van der Waals surface area contributed by atoms with Gasteiger partial charge in [-0.2, -0.15) is 0 Å². The van der Waals surface area contributed by atoms with Gasteiger partial charge in [-0.05, 0) is 31.2 Å². The number of hydrogen-bond acceptors (Lipinski definition) is 1. The molecule has 2 N–H and O–H groups in total. The molecule has 2 aromatic carbocycles. The Labute approximate surface area is 140 Å². The summed E-state index contributed by atoms with van der Waals surface area (Å²) in [6.07, 6.45) is 0. The molecule has 1 unspecified atom stereocenters. The van der Waals surface area contributed by atoms with E-state index in [9.17, 15) is 4.79 Å². The third kappa shape index (κ3) is 5.02. The molecule has 0 fully saturated rings. The minimum atomic E-state index is -0.0126. The lowest BCUT2D eigenvalue weighted by atomic mass is 10.2. The quantitative estimate of drug-likeness (QED) is 0.864. The van der Waals surface area contributed by atoms with Gasteiger partial charge in [-0.25, -0.2) is 0 Å². The van der Waals surface area contributed by atoms with Crippen LogP contribution in [0.15, 0.2) is 42.5 Å². The van der Waals surface area contributed by atoms with Gasteiger partial charge in [0.2, 0.25) is 0 Å². The maximum absolute atomic E-state index is 12.0. The predicted octanol–water partition coefficient (Wildman–Crippen LogP) is 2.96. The van der Waals surface area contributed by atoms with Crippen molar-refractivity contribution >= 4 is 34.8 Å². The van der Waals surface area contributed by atoms with Gasteiger partial charge in [0.15, 0.2) is 6.54 Å². The van der Waals surface area contributed by atoms with Crippen LogP contribution in [-0.2, 0) is 11.3 Å². The minimum absolute atomic E-state index is 0.0126. The molecule has 0 aliphatic heterocycles. The van der Waals surface area contributed by atoms with Crippen molar-refractivity contribution in [2.75, 3.05) is 18.9 Å². The highest BCUT2D eigenvalue weighted by Gasteiger charge is 2.11. The van der Waals surface area contributed by atoms with Crippen LogP contribution in [0, 0.1) is 6.92 Å². The molecule has 0 saturated carbocycles. The molecule has 116 valence electrons.